The van der Waals surface area contributed by atoms with E-state index in [0.29, 0.717) is 19.5 Å². The van der Waals surface area contributed by atoms with Crippen LogP contribution in [0.15, 0.2) is 0 Å². The van der Waals surface area contributed by atoms with Crippen molar-refractivity contribution in [3.63, 3.8) is 0 Å². The molecule has 6 nitrogen and oxygen atoms in total. The minimum Gasteiger partial charge on any atom is -0.480 e. The van der Waals surface area contributed by atoms with Gasteiger partial charge in [-0.2, -0.15) is 0 Å². The molecule has 1 fully saturated rings. The number of hydrogen-bond donors (Lipinski definition) is 2. The van der Waals surface area contributed by atoms with Crippen molar-refractivity contribution in [3.05, 3.63) is 0 Å². The Balaban J connectivity index is 2.28. The van der Waals surface area contributed by atoms with Gasteiger partial charge in [-0.15, -0.1) is 0 Å². The van der Waals surface area contributed by atoms with E-state index in [1.54, 1.807) is 4.90 Å². The minimum absolute atomic E-state index is 0.0832. The molecule has 1 heterocycles. The lowest BCUT2D eigenvalue weighted by molar-refractivity contribution is -0.173. The highest BCUT2D eigenvalue weighted by Crippen LogP contribution is 2.25. The third-order valence-corrected chi connectivity index (χ3v) is 2.98. The summed E-state index contributed by atoms with van der Waals surface area (Å²) in [4.78, 5) is 24.0. The Bertz CT molecular complexity index is 313. The molecule has 0 saturated carbocycles. The first-order valence-electron chi connectivity index (χ1n) is 6.23. The maximum absolute atomic E-state index is 11.9. The normalized spacial score (nSPS) is 19.2. The molecule has 2 N–H and O–H groups in total. The molecule has 1 saturated heterocycles. The lowest BCUT2D eigenvalue weighted by Gasteiger charge is -2.47. The Morgan fingerprint density at radius 2 is 2.11 bits per heavy atom. The number of aliphatic carboxylic acids is 1. The van der Waals surface area contributed by atoms with Crippen LogP contribution in [-0.4, -0.2) is 59.8 Å². The topological polar surface area (TPSA) is 78.9 Å². The molecule has 1 amide bonds. The quantitative estimate of drug-likeness (QED) is 0.676. The predicted octanol–water partition coefficient (Wildman–Crippen LogP) is 0.0766. The first-order valence-corrected chi connectivity index (χ1v) is 6.23. The maximum Gasteiger partial charge on any atom is 0.329 e. The number of carboxylic acids is 1. The van der Waals surface area contributed by atoms with Crippen LogP contribution in [0, 0.1) is 0 Å². The number of ether oxygens (including phenoxy) is 1. The van der Waals surface area contributed by atoms with E-state index in [-0.39, 0.29) is 18.6 Å². The van der Waals surface area contributed by atoms with Gasteiger partial charge in [-0.25, -0.2) is 4.79 Å². The Morgan fingerprint density at radius 1 is 1.50 bits per heavy atom. The molecule has 6 heteroatoms. The van der Waals surface area contributed by atoms with Gasteiger partial charge in [-0.3, -0.25) is 4.79 Å². The lowest BCUT2D eigenvalue weighted by Crippen LogP contribution is -2.63. The van der Waals surface area contributed by atoms with E-state index >= 15 is 0 Å². The molecule has 1 aliphatic heterocycles. The van der Waals surface area contributed by atoms with E-state index < -0.39 is 11.6 Å². The number of rotatable bonds is 7. The number of carbonyl (C=O) groups is 2. The second-order valence-electron chi connectivity index (χ2n) is 5.04. The molecule has 18 heavy (non-hydrogen) atoms. The number of likely N-dealkylation sites (tertiary alicyclic amines) is 1. The van der Waals surface area contributed by atoms with Gasteiger partial charge in [-0.1, -0.05) is 6.92 Å². The molecule has 0 aromatic rings. The van der Waals surface area contributed by atoms with E-state index in [2.05, 4.69) is 5.32 Å². The van der Waals surface area contributed by atoms with Crippen LogP contribution in [0.1, 0.15) is 27.2 Å². The van der Waals surface area contributed by atoms with Crippen molar-refractivity contribution < 1.29 is 19.4 Å². The number of carboxylic acid groups (broad SMARTS) is 1. The zero-order chi connectivity index (χ0) is 13.8. The highest BCUT2D eigenvalue weighted by atomic mass is 16.5. The maximum atomic E-state index is 11.9. The number of amides is 1. The fraction of sp³-hybridized carbons (Fsp3) is 0.833. The molecule has 1 aliphatic rings. The molecular formula is C12H22N2O4. The number of hydrogen-bond acceptors (Lipinski definition) is 4. The Labute approximate surface area is 107 Å². The first kappa shape index (κ1) is 14.9. The minimum atomic E-state index is -0.984. The van der Waals surface area contributed by atoms with Crippen LogP contribution in [0.25, 0.3) is 0 Å². The monoisotopic (exact) mass is 258 g/mol. The predicted molar refractivity (Wildman–Crippen MR) is 66.3 cm³/mol. The van der Waals surface area contributed by atoms with Gasteiger partial charge in [0.1, 0.15) is 12.2 Å². The van der Waals surface area contributed by atoms with Crippen LogP contribution in [0.4, 0.5) is 0 Å². The van der Waals surface area contributed by atoms with Crippen molar-refractivity contribution in [2.45, 2.75) is 38.8 Å². The third-order valence-electron chi connectivity index (χ3n) is 2.98. The van der Waals surface area contributed by atoms with Gasteiger partial charge in [0, 0.05) is 12.5 Å². The van der Waals surface area contributed by atoms with E-state index in [1.807, 2.05) is 20.8 Å². The Morgan fingerprint density at radius 3 is 2.61 bits per heavy atom. The Kier molecular flexibility index (Phi) is 5.10. The fourth-order valence-electron chi connectivity index (χ4n) is 2.08. The van der Waals surface area contributed by atoms with E-state index in [1.165, 1.54) is 0 Å². The van der Waals surface area contributed by atoms with Gasteiger partial charge in [0.15, 0.2) is 0 Å². The van der Waals surface area contributed by atoms with E-state index in [9.17, 15) is 9.59 Å². The average Bonchev–Trinajstić information content (AvgIpc) is 2.22. The van der Waals surface area contributed by atoms with Crippen molar-refractivity contribution in [2.75, 3.05) is 26.2 Å². The zero-order valence-electron chi connectivity index (χ0n) is 11.2. The molecule has 0 bridgehead atoms. The van der Waals surface area contributed by atoms with Crippen LogP contribution in [0.5, 0.6) is 0 Å². The SMILES string of the molecule is CCNC(C)CC(=O)N1CC(C)(OCC(=O)O)C1. The summed E-state index contributed by atoms with van der Waals surface area (Å²) in [6.07, 6.45) is 0.461. The summed E-state index contributed by atoms with van der Waals surface area (Å²) in [5.74, 6) is -0.901. The van der Waals surface area contributed by atoms with Crippen molar-refractivity contribution in [2.24, 2.45) is 0 Å². The molecule has 1 atom stereocenters. The highest BCUT2D eigenvalue weighted by Gasteiger charge is 2.42. The zero-order valence-corrected chi connectivity index (χ0v) is 11.2. The molecule has 1 unspecified atom stereocenters. The van der Waals surface area contributed by atoms with Crippen molar-refractivity contribution in [1.82, 2.24) is 10.2 Å². The van der Waals surface area contributed by atoms with Gasteiger partial charge < -0.3 is 20.1 Å². The lowest BCUT2D eigenvalue weighted by atomic mass is 9.95. The van der Waals surface area contributed by atoms with Gasteiger partial charge >= 0.3 is 5.97 Å². The highest BCUT2D eigenvalue weighted by molar-refractivity contribution is 5.78. The van der Waals surface area contributed by atoms with Crippen LogP contribution >= 0.6 is 0 Å². The van der Waals surface area contributed by atoms with Gasteiger partial charge in [-0.05, 0) is 20.4 Å². The third kappa shape index (κ3) is 4.27. The molecule has 0 aliphatic carbocycles. The van der Waals surface area contributed by atoms with Crippen molar-refractivity contribution in [1.29, 1.82) is 0 Å². The molecule has 1 rings (SSSR count). The summed E-state index contributed by atoms with van der Waals surface area (Å²) in [5.41, 5.74) is -0.504. The van der Waals surface area contributed by atoms with Crippen molar-refractivity contribution >= 4 is 11.9 Å². The summed E-state index contributed by atoms with van der Waals surface area (Å²) in [5, 5.41) is 11.7. The summed E-state index contributed by atoms with van der Waals surface area (Å²) in [6.45, 7) is 7.27. The van der Waals surface area contributed by atoms with Gasteiger partial charge in [0.2, 0.25) is 5.91 Å². The summed E-state index contributed by atoms with van der Waals surface area (Å²) in [7, 11) is 0. The number of nitrogens with one attached hydrogen (secondary N) is 1. The molecule has 0 spiro atoms. The van der Waals surface area contributed by atoms with Crippen LogP contribution in [0.3, 0.4) is 0 Å². The van der Waals surface area contributed by atoms with Gasteiger partial charge in [0.25, 0.3) is 0 Å². The number of carbonyl (C=O) groups excluding carboxylic acids is 1. The smallest absolute Gasteiger partial charge is 0.329 e. The van der Waals surface area contributed by atoms with Gasteiger partial charge in [0.05, 0.1) is 13.1 Å². The second-order valence-corrected chi connectivity index (χ2v) is 5.04. The van der Waals surface area contributed by atoms with Crippen molar-refractivity contribution in [3.8, 4) is 0 Å². The summed E-state index contributed by atoms with van der Waals surface area (Å²) < 4.78 is 5.25. The van der Waals surface area contributed by atoms with E-state index in [4.69, 9.17) is 9.84 Å². The largest absolute Gasteiger partial charge is 0.480 e. The average molecular weight is 258 g/mol. The molecule has 0 aromatic carbocycles. The Hall–Kier alpha value is -1.14. The summed E-state index contributed by atoms with van der Waals surface area (Å²) in [6, 6.07) is 0.161. The fourth-order valence-corrected chi connectivity index (χ4v) is 2.08. The molecule has 104 valence electrons. The second kappa shape index (κ2) is 6.15. The summed E-state index contributed by atoms with van der Waals surface area (Å²) >= 11 is 0. The van der Waals surface area contributed by atoms with Crippen LogP contribution < -0.4 is 5.32 Å². The standard InChI is InChI=1S/C12H22N2O4/c1-4-13-9(2)5-10(15)14-7-12(3,8-14)18-6-11(16)17/h9,13H,4-8H2,1-3H3,(H,16,17). The molecule has 0 radical (unpaired) electrons. The molecular weight excluding hydrogens is 236 g/mol. The first-order chi connectivity index (χ1) is 8.36. The van der Waals surface area contributed by atoms with E-state index in [0.717, 1.165) is 6.54 Å². The van der Waals surface area contributed by atoms with Crippen LogP contribution in [0.2, 0.25) is 0 Å². The number of nitrogens with zero attached hydrogens (tertiary/aromatic N) is 1. The molecule has 0 aromatic heterocycles. The van der Waals surface area contributed by atoms with Crippen LogP contribution in [-0.2, 0) is 14.3 Å².